The highest BCUT2D eigenvalue weighted by atomic mass is 32.2. The van der Waals surface area contributed by atoms with Gasteiger partial charge in [0.15, 0.2) is 0 Å². The Morgan fingerprint density at radius 3 is 2.11 bits per heavy atom. The predicted molar refractivity (Wildman–Crippen MR) is 140 cm³/mol. The number of carbonyl (C=O) groups excluding carboxylic acids is 2. The molecule has 0 saturated carbocycles. The second kappa shape index (κ2) is 11.8. The lowest BCUT2D eigenvalue weighted by molar-refractivity contribution is -0.113. The fourth-order valence-corrected chi connectivity index (χ4v) is 3.94. The Hall–Kier alpha value is -4.23. The van der Waals surface area contributed by atoms with E-state index < -0.39 is 0 Å². The monoisotopic (exact) mass is 484 g/mol. The van der Waals surface area contributed by atoms with Crippen LogP contribution in [0.25, 0.3) is 0 Å². The highest BCUT2D eigenvalue weighted by Gasteiger charge is 2.08. The molecule has 0 aliphatic rings. The predicted octanol–water partition coefficient (Wildman–Crippen LogP) is 6.47. The molecule has 6 nitrogen and oxygen atoms in total. The van der Waals surface area contributed by atoms with Crippen LogP contribution in [-0.2, 0) is 4.79 Å². The van der Waals surface area contributed by atoms with E-state index in [2.05, 4.69) is 10.6 Å². The number of rotatable bonds is 9. The zero-order valence-electron chi connectivity index (χ0n) is 19.1. The second-order valence-corrected chi connectivity index (χ2v) is 8.54. The maximum atomic E-state index is 12.5. The number of nitrogens with one attached hydrogen (secondary N) is 2. The third kappa shape index (κ3) is 7.12. The van der Waals surface area contributed by atoms with E-state index in [-0.39, 0.29) is 17.6 Å². The summed E-state index contributed by atoms with van der Waals surface area (Å²) in [6, 6.07) is 31.0. The first kappa shape index (κ1) is 23.9. The van der Waals surface area contributed by atoms with Crippen LogP contribution in [0.1, 0.15) is 10.4 Å². The maximum absolute atomic E-state index is 12.5. The molecule has 0 aromatic heterocycles. The Morgan fingerprint density at radius 1 is 0.714 bits per heavy atom. The minimum Gasteiger partial charge on any atom is -0.497 e. The highest BCUT2D eigenvalue weighted by molar-refractivity contribution is 8.00. The summed E-state index contributed by atoms with van der Waals surface area (Å²) >= 11 is 1.39. The summed E-state index contributed by atoms with van der Waals surface area (Å²) < 4.78 is 10.9. The Balaban J connectivity index is 1.27. The van der Waals surface area contributed by atoms with Gasteiger partial charge in [-0.2, -0.15) is 0 Å². The quantitative estimate of drug-likeness (QED) is 0.266. The largest absolute Gasteiger partial charge is 0.497 e. The third-order valence-electron chi connectivity index (χ3n) is 4.93. The standard InChI is InChI=1S/C28H24N2O4S/c1-33-23-14-10-20(11-15-23)28(32)30-22-6-5-9-26(18-22)35-19-27(31)29-21-12-16-25(17-13-21)34-24-7-3-2-4-8-24/h2-18H,19H2,1H3,(H,29,31)(H,30,32). The van der Waals surface area contributed by atoms with Crippen molar-refractivity contribution >= 4 is 35.0 Å². The van der Waals surface area contributed by atoms with E-state index in [1.54, 1.807) is 43.5 Å². The van der Waals surface area contributed by atoms with Gasteiger partial charge in [-0.1, -0.05) is 24.3 Å². The Kier molecular flexibility index (Phi) is 8.04. The molecule has 35 heavy (non-hydrogen) atoms. The number of methoxy groups -OCH3 is 1. The number of ether oxygens (including phenoxy) is 2. The molecule has 0 atom stereocenters. The Labute approximate surface area is 208 Å². The van der Waals surface area contributed by atoms with Crippen LogP contribution in [0.4, 0.5) is 11.4 Å². The van der Waals surface area contributed by atoms with E-state index >= 15 is 0 Å². The Morgan fingerprint density at radius 2 is 1.40 bits per heavy atom. The van der Waals surface area contributed by atoms with Crippen molar-refractivity contribution in [2.75, 3.05) is 23.5 Å². The lowest BCUT2D eigenvalue weighted by Crippen LogP contribution is -2.14. The van der Waals surface area contributed by atoms with E-state index in [1.165, 1.54) is 11.8 Å². The fraction of sp³-hybridized carbons (Fsp3) is 0.0714. The van der Waals surface area contributed by atoms with Crippen molar-refractivity contribution in [1.29, 1.82) is 0 Å². The number of para-hydroxylation sites is 1. The molecule has 0 aliphatic carbocycles. The summed E-state index contributed by atoms with van der Waals surface area (Å²) in [5, 5.41) is 5.77. The number of benzene rings is 4. The minimum atomic E-state index is -0.216. The minimum absolute atomic E-state index is 0.126. The summed E-state index contributed by atoms with van der Waals surface area (Å²) in [6.45, 7) is 0. The zero-order valence-corrected chi connectivity index (χ0v) is 19.9. The number of hydrogen-bond acceptors (Lipinski definition) is 5. The van der Waals surface area contributed by atoms with Crippen molar-refractivity contribution in [3.8, 4) is 17.2 Å². The van der Waals surface area contributed by atoms with Crippen molar-refractivity contribution in [3.05, 3.63) is 109 Å². The molecule has 4 rings (SSSR count). The molecular formula is C28H24N2O4S. The van der Waals surface area contributed by atoms with Gasteiger partial charge in [0, 0.05) is 21.8 Å². The van der Waals surface area contributed by atoms with Crippen LogP contribution in [0.2, 0.25) is 0 Å². The lowest BCUT2D eigenvalue weighted by Gasteiger charge is -2.09. The topological polar surface area (TPSA) is 76.7 Å². The number of thioether (sulfide) groups is 1. The van der Waals surface area contributed by atoms with E-state index in [9.17, 15) is 9.59 Å². The number of amides is 2. The molecular weight excluding hydrogens is 460 g/mol. The molecule has 0 bridgehead atoms. The number of anilines is 2. The molecule has 0 fully saturated rings. The molecule has 0 spiro atoms. The van der Waals surface area contributed by atoms with E-state index in [1.807, 2.05) is 66.7 Å². The molecule has 4 aromatic rings. The van der Waals surface area contributed by atoms with Crippen LogP contribution >= 0.6 is 11.8 Å². The van der Waals surface area contributed by atoms with Gasteiger partial charge in [0.05, 0.1) is 12.9 Å². The molecule has 7 heteroatoms. The summed E-state index contributed by atoms with van der Waals surface area (Å²) in [5.74, 6) is 2.03. The molecule has 2 amide bonds. The van der Waals surface area contributed by atoms with Crippen molar-refractivity contribution in [2.24, 2.45) is 0 Å². The normalized spacial score (nSPS) is 10.3. The summed E-state index contributed by atoms with van der Waals surface area (Å²) in [6.07, 6.45) is 0. The molecule has 0 heterocycles. The molecule has 0 aliphatic heterocycles. The first-order valence-corrected chi connectivity index (χ1v) is 11.9. The van der Waals surface area contributed by atoms with Crippen LogP contribution in [0.15, 0.2) is 108 Å². The smallest absolute Gasteiger partial charge is 0.255 e. The number of hydrogen-bond donors (Lipinski definition) is 2. The van der Waals surface area contributed by atoms with Gasteiger partial charge in [-0.3, -0.25) is 9.59 Å². The lowest BCUT2D eigenvalue weighted by atomic mass is 10.2. The van der Waals surface area contributed by atoms with Crippen LogP contribution in [0.3, 0.4) is 0 Å². The molecule has 4 aromatic carbocycles. The third-order valence-corrected chi connectivity index (χ3v) is 5.92. The highest BCUT2D eigenvalue weighted by Crippen LogP contribution is 2.24. The van der Waals surface area contributed by atoms with Gasteiger partial charge in [-0.05, 0) is 78.9 Å². The van der Waals surface area contributed by atoms with Crippen molar-refractivity contribution in [1.82, 2.24) is 0 Å². The van der Waals surface area contributed by atoms with Gasteiger partial charge in [-0.15, -0.1) is 11.8 Å². The average molecular weight is 485 g/mol. The first-order chi connectivity index (χ1) is 17.1. The van der Waals surface area contributed by atoms with Gasteiger partial charge < -0.3 is 20.1 Å². The molecule has 0 saturated heterocycles. The SMILES string of the molecule is COc1ccc(C(=O)Nc2cccc(SCC(=O)Nc3ccc(Oc4ccccc4)cc3)c2)cc1. The second-order valence-electron chi connectivity index (χ2n) is 7.49. The summed E-state index contributed by atoms with van der Waals surface area (Å²) in [4.78, 5) is 25.8. The summed E-state index contributed by atoms with van der Waals surface area (Å²) in [7, 11) is 1.58. The summed E-state index contributed by atoms with van der Waals surface area (Å²) in [5.41, 5.74) is 1.88. The van der Waals surface area contributed by atoms with Gasteiger partial charge >= 0.3 is 0 Å². The van der Waals surface area contributed by atoms with Gasteiger partial charge in [-0.25, -0.2) is 0 Å². The first-order valence-electron chi connectivity index (χ1n) is 10.9. The molecule has 0 radical (unpaired) electrons. The number of carbonyl (C=O) groups is 2. The average Bonchev–Trinajstić information content (AvgIpc) is 2.89. The molecule has 0 unspecified atom stereocenters. The van der Waals surface area contributed by atoms with Crippen molar-refractivity contribution < 1.29 is 19.1 Å². The zero-order chi connectivity index (χ0) is 24.5. The van der Waals surface area contributed by atoms with Crippen LogP contribution < -0.4 is 20.1 Å². The van der Waals surface area contributed by atoms with Gasteiger partial charge in [0.25, 0.3) is 5.91 Å². The Bertz CT molecular complexity index is 1280. The fourth-order valence-electron chi connectivity index (χ4n) is 3.19. The van der Waals surface area contributed by atoms with E-state index in [0.29, 0.717) is 28.4 Å². The molecule has 176 valence electrons. The van der Waals surface area contributed by atoms with Gasteiger partial charge in [0.2, 0.25) is 5.91 Å². The van der Waals surface area contributed by atoms with Crippen molar-refractivity contribution in [2.45, 2.75) is 4.90 Å². The van der Waals surface area contributed by atoms with E-state index in [4.69, 9.17) is 9.47 Å². The molecule has 2 N–H and O–H groups in total. The van der Waals surface area contributed by atoms with Crippen LogP contribution in [-0.4, -0.2) is 24.7 Å². The van der Waals surface area contributed by atoms with Crippen LogP contribution in [0.5, 0.6) is 17.2 Å². The van der Waals surface area contributed by atoms with E-state index in [0.717, 1.165) is 10.6 Å². The van der Waals surface area contributed by atoms with Crippen molar-refractivity contribution in [3.63, 3.8) is 0 Å². The van der Waals surface area contributed by atoms with Crippen LogP contribution in [0, 0.1) is 0 Å². The maximum Gasteiger partial charge on any atom is 0.255 e. The van der Waals surface area contributed by atoms with Gasteiger partial charge in [0.1, 0.15) is 17.2 Å².